The Hall–Kier alpha value is -1.10. The number of benzene rings is 1. The van der Waals surface area contributed by atoms with Gasteiger partial charge in [0.05, 0.1) is 0 Å². The minimum atomic E-state index is -0.847. The highest BCUT2D eigenvalue weighted by atomic mass is 32.2. The van der Waals surface area contributed by atoms with Crippen LogP contribution in [0.4, 0.5) is 8.78 Å². The summed E-state index contributed by atoms with van der Waals surface area (Å²) in [6.45, 7) is 0. The van der Waals surface area contributed by atoms with Gasteiger partial charge in [0.2, 0.25) is 5.91 Å². The van der Waals surface area contributed by atoms with Crippen molar-refractivity contribution in [2.24, 2.45) is 0 Å². The van der Waals surface area contributed by atoms with Crippen molar-refractivity contribution in [1.82, 2.24) is 5.32 Å². The van der Waals surface area contributed by atoms with Gasteiger partial charge in [-0.2, -0.15) is 0 Å². The molecule has 5 heteroatoms. The maximum Gasteiger partial charge on any atom is 0.221 e. The number of thioether (sulfide) groups is 1. The molecule has 0 radical (unpaired) electrons. The molecule has 0 aliphatic heterocycles. The molecule has 0 bridgehead atoms. The van der Waals surface area contributed by atoms with E-state index < -0.39 is 11.6 Å². The topological polar surface area (TPSA) is 29.1 Å². The lowest BCUT2D eigenvalue weighted by Gasteiger charge is -2.11. The van der Waals surface area contributed by atoms with Crippen LogP contribution in [-0.2, 0) is 4.79 Å². The van der Waals surface area contributed by atoms with Gasteiger partial charge in [0.1, 0.15) is 0 Å². The van der Waals surface area contributed by atoms with Gasteiger partial charge >= 0.3 is 0 Å². The molecular weight excluding hydrogens is 268 g/mol. The standard InChI is InChI=1S/C14H17F2NOS/c15-12-6-5-11(9-13(12)16)19-8-7-14(18)17-10-3-1-2-4-10/h5-6,9-10H,1-4,7-8H2,(H,17,18). The zero-order valence-electron chi connectivity index (χ0n) is 10.6. The van der Waals surface area contributed by atoms with Crippen LogP contribution in [0.5, 0.6) is 0 Å². The van der Waals surface area contributed by atoms with Crippen molar-refractivity contribution in [3.63, 3.8) is 0 Å². The first-order chi connectivity index (χ1) is 9.15. The number of nitrogens with one attached hydrogen (secondary N) is 1. The Morgan fingerprint density at radius 1 is 1.26 bits per heavy atom. The molecule has 2 nitrogen and oxygen atoms in total. The second-order valence-corrected chi connectivity index (χ2v) is 5.89. The summed E-state index contributed by atoms with van der Waals surface area (Å²) in [7, 11) is 0. The van der Waals surface area contributed by atoms with Crippen LogP contribution < -0.4 is 5.32 Å². The van der Waals surface area contributed by atoms with E-state index in [9.17, 15) is 13.6 Å². The van der Waals surface area contributed by atoms with E-state index in [1.54, 1.807) is 0 Å². The van der Waals surface area contributed by atoms with Crippen molar-refractivity contribution in [1.29, 1.82) is 0 Å². The van der Waals surface area contributed by atoms with E-state index in [0.717, 1.165) is 25.0 Å². The van der Waals surface area contributed by atoms with Crippen molar-refractivity contribution in [2.75, 3.05) is 5.75 Å². The van der Waals surface area contributed by atoms with Crippen LogP contribution in [0.2, 0.25) is 0 Å². The molecule has 0 aromatic heterocycles. The van der Waals surface area contributed by atoms with Gasteiger partial charge in [-0.15, -0.1) is 11.8 Å². The fourth-order valence-electron chi connectivity index (χ4n) is 2.20. The Kier molecular flexibility index (Phi) is 5.19. The molecule has 2 rings (SSSR count). The minimum absolute atomic E-state index is 0.0435. The third kappa shape index (κ3) is 4.49. The Morgan fingerprint density at radius 3 is 2.68 bits per heavy atom. The molecule has 1 aliphatic carbocycles. The summed E-state index contributed by atoms with van der Waals surface area (Å²) in [5.41, 5.74) is 0. The lowest BCUT2D eigenvalue weighted by atomic mass is 10.2. The number of amides is 1. The fraction of sp³-hybridized carbons (Fsp3) is 0.500. The number of carbonyl (C=O) groups excluding carboxylic acids is 1. The number of hydrogen-bond donors (Lipinski definition) is 1. The summed E-state index contributed by atoms with van der Waals surface area (Å²) in [5.74, 6) is -1.07. The third-order valence-corrected chi connectivity index (χ3v) is 4.20. The summed E-state index contributed by atoms with van der Waals surface area (Å²) >= 11 is 1.36. The van der Waals surface area contributed by atoms with Crippen molar-refractivity contribution in [2.45, 2.75) is 43.0 Å². The molecule has 1 aromatic carbocycles. The maximum absolute atomic E-state index is 13.0. The van der Waals surface area contributed by atoms with Crippen LogP contribution in [0, 0.1) is 11.6 Å². The first kappa shape index (κ1) is 14.3. The molecule has 1 saturated carbocycles. The summed E-state index contributed by atoms with van der Waals surface area (Å²) < 4.78 is 25.7. The maximum atomic E-state index is 13.0. The Bertz CT molecular complexity index is 447. The predicted molar refractivity (Wildman–Crippen MR) is 72.1 cm³/mol. The SMILES string of the molecule is O=C(CCSc1ccc(F)c(F)c1)NC1CCCC1. The molecule has 1 N–H and O–H groups in total. The van der Waals surface area contributed by atoms with Crippen LogP contribution >= 0.6 is 11.8 Å². The first-order valence-corrected chi connectivity index (χ1v) is 7.51. The second kappa shape index (κ2) is 6.89. The summed E-state index contributed by atoms with van der Waals surface area (Å²) in [4.78, 5) is 12.3. The third-order valence-electron chi connectivity index (χ3n) is 3.21. The molecule has 1 amide bonds. The molecule has 0 atom stereocenters. The van der Waals surface area contributed by atoms with Crippen molar-refractivity contribution < 1.29 is 13.6 Å². The quantitative estimate of drug-likeness (QED) is 0.839. The van der Waals surface area contributed by atoms with Gasteiger partial charge in [0.25, 0.3) is 0 Å². The average molecular weight is 285 g/mol. The van der Waals surface area contributed by atoms with E-state index in [1.165, 1.54) is 30.7 Å². The average Bonchev–Trinajstić information content (AvgIpc) is 2.86. The highest BCUT2D eigenvalue weighted by molar-refractivity contribution is 7.99. The van der Waals surface area contributed by atoms with Gasteiger partial charge in [-0.1, -0.05) is 12.8 Å². The molecule has 0 unspecified atom stereocenters. The van der Waals surface area contributed by atoms with Gasteiger partial charge in [-0.25, -0.2) is 8.78 Å². The number of halogens is 2. The molecule has 1 fully saturated rings. The summed E-state index contributed by atoms with van der Waals surface area (Å²) in [5, 5.41) is 3.00. The zero-order valence-corrected chi connectivity index (χ0v) is 11.4. The van der Waals surface area contributed by atoms with Gasteiger partial charge in [-0.3, -0.25) is 4.79 Å². The summed E-state index contributed by atoms with van der Waals surface area (Å²) in [6.07, 6.45) is 4.92. The highest BCUT2D eigenvalue weighted by Crippen LogP contribution is 2.21. The highest BCUT2D eigenvalue weighted by Gasteiger charge is 2.16. The smallest absolute Gasteiger partial charge is 0.221 e. The first-order valence-electron chi connectivity index (χ1n) is 6.52. The van der Waals surface area contributed by atoms with E-state index in [1.807, 2.05) is 0 Å². The van der Waals surface area contributed by atoms with E-state index in [-0.39, 0.29) is 5.91 Å². The number of carbonyl (C=O) groups is 1. The van der Waals surface area contributed by atoms with Gasteiger partial charge in [0, 0.05) is 23.1 Å². The molecule has 104 valence electrons. The van der Waals surface area contributed by atoms with E-state index in [4.69, 9.17) is 0 Å². The molecule has 1 aromatic rings. The van der Waals surface area contributed by atoms with Crippen molar-refractivity contribution >= 4 is 17.7 Å². The van der Waals surface area contributed by atoms with Crippen LogP contribution in [0.3, 0.4) is 0 Å². The van der Waals surface area contributed by atoms with Crippen LogP contribution in [0.25, 0.3) is 0 Å². The molecule has 0 spiro atoms. The van der Waals surface area contributed by atoms with Crippen molar-refractivity contribution in [3.8, 4) is 0 Å². The largest absolute Gasteiger partial charge is 0.353 e. The second-order valence-electron chi connectivity index (χ2n) is 4.72. The molecule has 0 heterocycles. The molecule has 19 heavy (non-hydrogen) atoms. The summed E-state index contributed by atoms with van der Waals surface area (Å²) in [6, 6.07) is 4.13. The van der Waals surface area contributed by atoms with E-state index in [2.05, 4.69) is 5.32 Å². The van der Waals surface area contributed by atoms with Crippen LogP contribution in [0.15, 0.2) is 23.1 Å². The van der Waals surface area contributed by atoms with E-state index in [0.29, 0.717) is 23.1 Å². The Morgan fingerprint density at radius 2 is 2.00 bits per heavy atom. The lowest BCUT2D eigenvalue weighted by molar-refractivity contribution is -0.121. The van der Waals surface area contributed by atoms with E-state index >= 15 is 0 Å². The lowest BCUT2D eigenvalue weighted by Crippen LogP contribution is -2.32. The molecule has 0 saturated heterocycles. The predicted octanol–water partition coefficient (Wildman–Crippen LogP) is 3.51. The zero-order chi connectivity index (χ0) is 13.7. The van der Waals surface area contributed by atoms with Gasteiger partial charge in [0.15, 0.2) is 11.6 Å². The Labute approximate surface area is 116 Å². The van der Waals surface area contributed by atoms with Crippen LogP contribution in [0.1, 0.15) is 32.1 Å². The number of rotatable bonds is 5. The monoisotopic (exact) mass is 285 g/mol. The normalized spacial score (nSPS) is 15.7. The molecular formula is C14H17F2NOS. The van der Waals surface area contributed by atoms with Gasteiger partial charge < -0.3 is 5.32 Å². The van der Waals surface area contributed by atoms with Gasteiger partial charge in [-0.05, 0) is 31.0 Å². The van der Waals surface area contributed by atoms with Crippen molar-refractivity contribution in [3.05, 3.63) is 29.8 Å². The number of hydrogen-bond acceptors (Lipinski definition) is 2. The Balaban J connectivity index is 1.70. The fourth-order valence-corrected chi connectivity index (χ4v) is 3.07. The minimum Gasteiger partial charge on any atom is -0.353 e. The molecule has 1 aliphatic rings. The van der Waals surface area contributed by atoms with Crippen LogP contribution in [-0.4, -0.2) is 17.7 Å².